The summed E-state index contributed by atoms with van der Waals surface area (Å²) in [6, 6.07) is 7.31. The number of hydrogen-bond acceptors (Lipinski definition) is 5. The number of carbonyl (C=O) groups excluding carboxylic acids is 1. The molecule has 2 aromatic rings. The van der Waals surface area contributed by atoms with E-state index >= 15 is 0 Å². The number of para-hydroxylation sites is 2. The van der Waals surface area contributed by atoms with E-state index in [9.17, 15) is 14.9 Å². The van der Waals surface area contributed by atoms with E-state index in [4.69, 9.17) is 4.74 Å². The molecule has 0 unspecified atom stereocenters. The third kappa shape index (κ3) is 4.14. The number of rotatable bonds is 6. The van der Waals surface area contributed by atoms with Crippen molar-refractivity contribution in [2.24, 2.45) is 0 Å². The second-order valence-electron chi connectivity index (χ2n) is 6.10. The van der Waals surface area contributed by atoms with E-state index in [1.807, 2.05) is 18.2 Å². The molecule has 0 radical (unpaired) electrons. The Morgan fingerprint density at radius 2 is 2.12 bits per heavy atom. The fourth-order valence-electron chi connectivity index (χ4n) is 2.94. The number of amides is 1. The number of benzene rings is 1. The maximum Gasteiger partial charge on any atom is 0.381 e. The van der Waals surface area contributed by atoms with Gasteiger partial charge in [-0.1, -0.05) is 12.1 Å². The molecule has 8 heteroatoms. The summed E-state index contributed by atoms with van der Waals surface area (Å²) < 4.78 is 7.45. The third-order valence-electron chi connectivity index (χ3n) is 4.22. The van der Waals surface area contributed by atoms with Gasteiger partial charge in [0.05, 0.1) is 11.8 Å². The van der Waals surface area contributed by atoms with Crippen LogP contribution in [0.2, 0.25) is 0 Å². The van der Waals surface area contributed by atoms with Gasteiger partial charge in [0.1, 0.15) is 18.5 Å². The van der Waals surface area contributed by atoms with Crippen LogP contribution in [0.4, 0.5) is 11.5 Å². The fourth-order valence-corrected chi connectivity index (χ4v) is 2.94. The van der Waals surface area contributed by atoms with Gasteiger partial charge in [-0.2, -0.15) is 0 Å². The maximum atomic E-state index is 12.3. The second-order valence-corrected chi connectivity index (χ2v) is 6.10. The molecule has 1 aromatic carbocycles. The van der Waals surface area contributed by atoms with Crippen molar-refractivity contribution < 1.29 is 14.5 Å². The van der Waals surface area contributed by atoms with E-state index in [0.717, 1.165) is 25.7 Å². The first-order valence-electron chi connectivity index (χ1n) is 8.26. The summed E-state index contributed by atoms with van der Waals surface area (Å²) in [5.41, 5.74) is 0.603. The van der Waals surface area contributed by atoms with Gasteiger partial charge in [0.15, 0.2) is 0 Å². The van der Waals surface area contributed by atoms with Gasteiger partial charge in [-0.3, -0.25) is 9.36 Å². The number of hydrogen-bond donors (Lipinski definition) is 1. The van der Waals surface area contributed by atoms with Crippen molar-refractivity contribution in [3.8, 4) is 5.75 Å². The van der Waals surface area contributed by atoms with Gasteiger partial charge in [-0.05, 0) is 47.7 Å². The SMILES string of the molecule is Cc1nc([N+](=O)[O-])cn1CC(=O)Nc1ccccc1OC1CCCC1. The van der Waals surface area contributed by atoms with Crippen molar-refractivity contribution in [1.29, 1.82) is 0 Å². The molecular formula is C17H20N4O4. The van der Waals surface area contributed by atoms with Crippen LogP contribution in [0.3, 0.4) is 0 Å². The van der Waals surface area contributed by atoms with Crippen molar-refractivity contribution in [1.82, 2.24) is 9.55 Å². The lowest BCUT2D eigenvalue weighted by molar-refractivity contribution is -0.389. The minimum atomic E-state index is -0.577. The summed E-state index contributed by atoms with van der Waals surface area (Å²) in [4.78, 5) is 26.3. The first-order chi connectivity index (χ1) is 12.0. The normalized spacial score (nSPS) is 14.4. The highest BCUT2D eigenvalue weighted by molar-refractivity contribution is 5.92. The monoisotopic (exact) mass is 344 g/mol. The van der Waals surface area contributed by atoms with Crippen LogP contribution in [0.5, 0.6) is 5.75 Å². The Morgan fingerprint density at radius 3 is 2.80 bits per heavy atom. The zero-order valence-electron chi connectivity index (χ0n) is 14.0. The summed E-state index contributed by atoms with van der Waals surface area (Å²) in [7, 11) is 0. The van der Waals surface area contributed by atoms with Gasteiger partial charge in [-0.15, -0.1) is 0 Å². The van der Waals surface area contributed by atoms with E-state index in [1.54, 1.807) is 13.0 Å². The molecule has 0 aliphatic heterocycles. The molecule has 1 saturated carbocycles. The molecule has 0 bridgehead atoms. The molecule has 1 aliphatic carbocycles. The predicted molar refractivity (Wildman–Crippen MR) is 91.6 cm³/mol. The summed E-state index contributed by atoms with van der Waals surface area (Å²) >= 11 is 0. The topological polar surface area (TPSA) is 99.3 Å². The number of imidazole rings is 1. The van der Waals surface area contributed by atoms with E-state index in [2.05, 4.69) is 10.3 Å². The van der Waals surface area contributed by atoms with Crippen molar-refractivity contribution >= 4 is 17.4 Å². The number of ether oxygens (including phenoxy) is 1. The van der Waals surface area contributed by atoms with Gasteiger partial charge >= 0.3 is 5.82 Å². The van der Waals surface area contributed by atoms with Crippen LogP contribution < -0.4 is 10.1 Å². The molecule has 25 heavy (non-hydrogen) atoms. The average molecular weight is 344 g/mol. The minimum Gasteiger partial charge on any atom is -0.488 e. The quantitative estimate of drug-likeness (QED) is 0.641. The number of nitrogens with zero attached hydrogens (tertiary/aromatic N) is 3. The van der Waals surface area contributed by atoms with Crippen LogP contribution in [0, 0.1) is 17.0 Å². The lowest BCUT2D eigenvalue weighted by Gasteiger charge is -2.17. The highest BCUT2D eigenvalue weighted by atomic mass is 16.6. The van der Waals surface area contributed by atoms with Gasteiger partial charge in [-0.25, -0.2) is 0 Å². The number of aromatic nitrogens is 2. The first-order valence-corrected chi connectivity index (χ1v) is 8.26. The molecule has 1 heterocycles. The zero-order valence-corrected chi connectivity index (χ0v) is 14.0. The van der Waals surface area contributed by atoms with E-state index in [0.29, 0.717) is 17.3 Å². The molecule has 1 fully saturated rings. The summed E-state index contributed by atoms with van der Waals surface area (Å²) in [6.07, 6.45) is 5.84. The zero-order chi connectivity index (χ0) is 17.8. The standard InChI is InChI=1S/C17H20N4O4/c1-12-18-16(21(23)24)10-20(12)11-17(22)19-14-8-4-5-9-15(14)25-13-6-2-3-7-13/h4-5,8-10,13H,2-3,6-7,11H2,1H3,(H,19,22). The van der Waals surface area contributed by atoms with Crippen molar-refractivity contribution in [3.63, 3.8) is 0 Å². The average Bonchev–Trinajstić information content (AvgIpc) is 3.20. The van der Waals surface area contributed by atoms with Crippen molar-refractivity contribution in [3.05, 3.63) is 46.4 Å². The molecule has 0 spiro atoms. The highest BCUT2D eigenvalue weighted by Crippen LogP contribution is 2.29. The van der Waals surface area contributed by atoms with Crippen LogP contribution in [0.25, 0.3) is 0 Å². The lowest BCUT2D eigenvalue weighted by atomic mass is 10.2. The first kappa shape index (κ1) is 16.9. The number of nitro groups is 1. The third-order valence-corrected chi connectivity index (χ3v) is 4.22. The highest BCUT2D eigenvalue weighted by Gasteiger charge is 2.20. The molecular weight excluding hydrogens is 324 g/mol. The number of nitrogens with one attached hydrogen (secondary N) is 1. The molecule has 0 saturated heterocycles. The molecule has 1 aromatic heterocycles. The maximum absolute atomic E-state index is 12.3. The Kier molecular flexibility index (Phi) is 4.97. The number of aryl methyl sites for hydroxylation is 1. The Balaban J connectivity index is 1.67. The molecule has 0 atom stereocenters. The molecule has 1 amide bonds. The van der Waals surface area contributed by atoms with Gasteiger partial charge in [0, 0.05) is 6.92 Å². The van der Waals surface area contributed by atoms with Crippen LogP contribution in [0.15, 0.2) is 30.5 Å². The summed E-state index contributed by atoms with van der Waals surface area (Å²) in [6.45, 7) is 1.57. The summed E-state index contributed by atoms with van der Waals surface area (Å²) in [5.74, 6) is 0.501. The van der Waals surface area contributed by atoms with Crippen LogP contribution >= 0.6 is 0 Å². The molecule has 1 N–H and O–H groups in total. The Labute approximate surface area is 145 Å². The lowest BCUT2D eigenvalue weighted by Crippen LogP contribution is -2.20. The van der Waals surface area contributed by atoms with E-state index in [-0.39, 0.29) is 24.4 Å². The van der Waals surface area contributed by atoms with Gasteiger partial charge in [0.25, 0.3) is 0 Å². The predicted octanol–water partition coefficient (Wildman–Crippen LogP) is 3.06. The van der Waals surface area contributed by atoms with E-state index < -0.39 is 4.92 Å². The Morgan fingerprint density at radius 1 is 1.40 bits per heavy atom. The van der Waals surface area contributed by atoms with Crippen LogP contribution in [-0.4, -0.2) is 26.5 Å². The molecule has 8 nitrogen and oxygen atoms in total. The van der Waals surface area contributed by atoms with Gasteiger partial charge in [0.2, 0.25) is 11.7 Å². The smallest absolute Gasteiger partial charge is 0.381 e. The van der Waals surface area contributed by atoms with E-state index in [1.165, 1.54) is 10.8 Å². The molecule has 3 rings (SSSR count). The number of carbonyl (C=O) groups is 1. The van der Waals surface area contributed by atoms with Crippen molar-refractivity contribution in [2.75, 3.05) is 5.32 Å². The summed E-state index contributed by atoms with van der Waals surface area (Å²) in [5, 5.41) is 13.6. The fraction of sp³-hybridized carbons (Fsp3) is 0.412. The van der Waals surface area contributed by atoms with Crippen LogP contribution in [0.1, 0.15) is 31.5 Å². The van der Waals surface area contributed by atoms with Crippen LogP contribution in [-0.2, 0) is 11.3 Å². The minimum absolute atomic E-state index is 0.0512. The second kappa shape index (κ2) is 7.33. The molecule has 132 valence electrons. The molecule has 1 aliphatic rings. The largest absolute Gasteiger partial charge is 0.488 e. The van der Waals surface area contributed by atoms with Crippen molar-refractivity contribution in [2.45, 2.75) is 45.3 Å². The van der Waals surface area contributed by atoms with Gasteiger partial charge < -0.3 is 20.2 Å². The number of anilines is 1. The Bertz CT molecular complexity index is 781. The Hall–Kier alpha value is -2.90.